The molecule has 0 saturated carbocycles. The standard InChI is InChI=1S/C9H11NO2S/c10-7(4-11)6-1-2-8-9(3-6)13-5-12-8/h1-3,7,11H,4-5,10H2. The fraction of sp³-hybridized carbons (Fsp3) is 0.333. The lowest BCUT2D eigenvalue weighted by molar-refractivity contribution is 0.268. The van der Waals surface area contributed by atoms with Crippen molar-refractivity contribution < 1.29 is 9.84 Å². The van der Waals surface area contributed by atoms with Crippen molar-refractivity contribution in [2.75, 3.05) is 12.5 Å². The minimum atomic E-state index is -0.286. The van der Waals surface area contributed by atoms with Gasteiger partial charge in [-0.1, -0.05) is 17.8 Å². The van der Waals surface area contributed by atoms with Crippen LogP contribution < -0.4 is 10.5 Å². The minimum absolute atomic E-state index is 0.0235. The van der Waals surface area contributed by atoms with Crippen molar-refractivity contribution in [1.29, 1.82) is 0 Å². The number of nitrogens with two attached hydrogens (primary N) is 1. The van der Waals surface area contributed by atoms with E-state index in [0.29, 0.717) is 5.94 Å². The molecule has 0 spiro atoms. The summed E-state index contributed by atoms with van der Waals surface area (Å²) in [5, 5.41) is 8.87. The molecule has 70 valence electrons. The Labute approximate surface area is 80.9 Å². The van der Waals surface area contributed by atoms with Gasteiger partial charge in [0.05, 0.1) is 17.5 Å². The van der Waals surface area contributed by atoms with Gasteiger partial charge in [-0.05, 0) is 17.7 Å². The molecule has 1 aliphatic rings. The Kier molecular flexibility index (Phi) is 2.44. The zero-order chi connectivity index (χ0) is 9.26. The highest BCUT2D eigenvalue weighted by Crippen LogP contribution is 2.37. The van der Waals surface area contributed by atoms with E-state index >= 15 is 0 Å². The Balaban J connectivity index is 2.30. The second kappa shape index (κ2) is 3.57. The van der Waals surface area contributed by atoms with Crippen LogP contribution in [0.5, 0.6) is 5.75 Å². The molecule has 0 radical (unpaired) electrons. The van der Waals surface area contributed by atoms with Crippen molar-refractivity contribution in [3.63, 3.8) is 0 Å². The van der Waals surface area contributed by atoms with E-state index < -0.39 is 0 Å². The quantitative estimate of drug-likeness (QED) is 0.746. The summed E-state index contributed by atoms with van der Waals surface area (Å²) in [6, 6.07) is 5.49. The summed E-state index contributed by atoms with van der Waals surface area (Å²) in [4.78, 5) is 1.11. The van der Waals surface area contributed by atoms with Crippen LogP contribution in [0.3, 0.4) is 0 Å². The third kappa shape index (κ3) is 1.65. The van der Waals surface area contributed by atoms with E-state index in [-0.39, 0.29) is 12.6 Å². The second-order valence-corrected chi connectivity index (χ2v) is 3.87. The number of rotatable bonds is 2. The molecular formula is C9H11NO2S. The van der Waals surface area contributed by atoms with Gasteiger partial charge < -0.3 is 15.6 Å². The van der Waals surface area contributed by atoms with E-state index in [1.807, 2.05) is 18.2 Å². The highest BCUT2D eigenvalue weighted by molar-refractivity contribution is 7.99. The number of aliphatic hydroxyl groups excluding tert-OH is 1. The van der Waals surface area contributed by atoms with Crippen LogP contribution in [-0.2, 0) is 0 Å². The first-order valence-corrected chi connectivity index (χ1v) is 5.06. The molecule has 3 N–H and O–H groups in total. The summed E-state index contributed by atoms with van der Waals surface area (Å²) in [6.45, 7) is -0.0235. The summed E-state index contributed by atoms with van der Waals surface area (Å²) < 4.78 is 5.33. The molecule has 2 rings (SSSR count). The van der Waals surface area contributed by atoms with Crippen LogP contribution in [0.2, 0.25) is 0 Å². The predicted octanol–water partition coefficient (Wildman–Crippen LogP) is 1.12. The molecule has 0 fully saturated rings. The van der Waals surface area contributed by atoms with Crippen LogP contribution in [-0.4, -0.2) is 17.7 Å². The van der Waals surface area contributed by atoms with E-state index in [1.54, 1.807) is 11.8 Å². The normalized spacial score (nSPS) is 16.5. The van der Waals surface area contributed by atoms with Crippen LogP contribution in [0.25, 0.3) is 0 Å². The van der Waals surface area contributed by atoms with Gasteiger partial charge in [0, 0.05) is 0 Å². The van der Waals surface area contributed by atoms with Crippen molar-refractivity contribution in [1.82, 2.24) is 0 Å². The fourth-order valence-corrected chi connectivity index (χ4v) is 2.05. The van der Waals surface area contributed by atoms with Gasteiger partial charge in [-0.15, -0.1) is 0 Å². The summed E-state index contributed by atoms with van der Waals surface area (Å²) in [7, 11) is 0. The minimum Gasteiger partial charge on any atom is -0.481 e. The maximum atomic E-state index is 8.87. The molecule has 1 atom stereocenters. The number of hydrogen-bond acceptors (Lipinski definition) is 4. The third-order valence-electron chi connectivity index (χ3n) is 2.02. The molecule has 0 amide bonds. The number of ether oxygens (including phenoxy) is 1. The van der Waals surface area contributed by atoms with Gasteiger partial charge in [-0.25, -0.2) is 0 Å². The van der Waals surface area contributed by atoms with Crippen LogP contribution in [0.4, 0.5) is 0 Å². The van der Waals surface area contributed by atoms with E-state index in [0.717, 1.165) is 16.2 Å². The first-order valence-electron chi connectivity index (χ1n) is 4.07. The topological polar surface area (TPSA) is 55.5 Å². The molecule has 1 heterocycles. The second-order valence-electron chi connectivity index (χ2n) is 2.90. The molecule has 1 aliphatic heterocycles. The van der Waals surface area contributed by atoms with Gasteiger partial charge in [-0.2, -0.15) is 0 Å². The van der Waals surface area contributed by atoms with Crippen molar-refractivity contribution in [2.24, 2.45) is 5.73 Å². The molecule has 1 unspecified atom stereocenters. The fourth-order valence-electron chi connectivity index (χ4n) is 1.25. The Morgan fingerprint density at radius 1 is 1.62 bits per heavy atom. The van der Waals surface area contributed by atoms with Crippen molar-refractivity contribution in [3.05, 3.63) is 23.8 Å². The summed E-state index contributed by atoms with van der Waals surface area (Å²) in [5.41, 5.74) is 6.65. The molecule has 1 aromatic carbocycles. The first-order chi connectivity index (χ1) is 6.31. The van der Waals surface area contributed by atoms with Crippen molar-refractivity contribution >= 4 is 11.8 Å². The summed E-state index contributed by atoms with van der Waals surface area (Å²) in [5.74, 6) is 1.59. The van der Waals surface area contributed by atoms with E-state index in [2.05, 4.69) is 0 Å². The maximum Gasteiger partial charge on any atom is 0.138 e. The molecule has 13 heavy (non-hydrogen) atoms. The van der Waals surface area contributed by atoms with Crippen LogP contribution in [0.1, 0.15) is 11.6 Å². The lowest BCUT2D eigenvalue weighted by atomic mass is 10.1. The predicted molar refractivity (Wildman–Crippen MR) is 51.8 cm³/mol. The van der Waals surface area contributed by atoms with Crippen molar-refractivity contribution in [3.8, 4) is 5.75 Å². The molecule has 4 heteroatoms. The molecule has 1 aromatic rings. The van der Waals surface area contributed by atoms with E-state index in [9.17, 15) is 0 Å². The highest BCUT2D eigenvalue weighted by Gasteiger charge is 2.14. The Hall–Kier alpha value is -0.710. The van der Waals surface area contributed by atoms with Gasteiger partial charge in [0.1, 0.15) is 11.7 Å². The Morgan fingerprint density at radius 2 is 2.46 bits per heavy atom. The third-order valence-corrected chi connectivity index (χ3v) is 2.89. The summed E-state index contributed by atoms with van der Waals surface area (Å²) >= 11 is 1.65. The average Bonchev–Trinajstić information content (AvgIpc) is 2.63. The van der Waals surface area contributed by atoms with Crippen LogP contribution in [0, 0.1) is 0 Å². The molecule has 0 bridgehead atoms. The Morgan fingerprint density at radius 3 is 3.23 bits per heavy atom. The largest absolute Gasteiger partial charge is 0.481 e. The maximum absolute atomic E-state index is 8.87. The number of hydrogen-bond donors (Lipinski definition) is 2. The average molecular weight is 197 g/mol. The van der Waals surface area contributed by atoms with Gasteiger partial charge >= 0.3 is 0 Å². The van der Waals surface area contributed by atoms with E-state index in [1.165, 1.54) is 0 Å². The first kappa shape index (κ1) is 8.87. The SMILES string of the molecule is NC(CO)c1ccc2c(c1)SCO2. The van der Waals surface area contributed by atoms with Gasteiger partial charge in [0.25, 0.3) is 0 Å². The highest BCUT2D eigenvalue weighted by atomic mass is 32.2. The number of fused-ring (bicyclic) bond motifs is 1. The molecule has 0 aromatic heterocycles. The van der Waals surface area contributed by atoms with Crippen LogP contribution in [0.15, 0.2) is 23.1 Å². The zero-order valence-electron chi connectivity index (χ0n) is 7.06. The lowest BCUT2D eigenvalue weighted by Gasteiger charge is -2.08. The number of benzene rings is 1. The summed E-state index contributed by atoms with van der Waals surface area (Å²) in [6.07, 6.45) is 0. The van der Waals surface area contributed by atoms with Gasteiger partial charge in [0.15, 0.2) is 0 Å². The smallest absolute Gasteiger partial charge is 0.138 e. The van der Waals surface area contributed by atoms with Gasteiger partial charge in [0.2, 0.25) is 0 Å². The molecule has 3 nitrogen and oxygen atoms in total. The Bertz CT molecular complexity index is 316. The van der Waals surface area contributed by atoms with Crippen molar-refractivity contribution in [2.45, 2.75) is 10.9 Å². The van der Waals surface area contributed by atoms with E-state index in [4.69, 9.17) is 15.6 Å². The monoisotopic (exact) mass is 197 g/mol. The van der Waals surface area contributed by atoms with Gasteiger partial charge in [-0.3, -0.25) is 0 Å². The molecule has 0 aliphatic carbocycles. The lowest BCUT2D eigenvalue weighted by Crippen LogP contribution is -2.14. The number of aliphatic hydroxyl groups is 1. The zero-order valence-corrected chi connectivity index (χ0v) is 7.88. The number of thioether (sulfide) groups is 1. The molecule has 0 saturated heterocycles. The van der Waals surface area contributed by atoms with Crippen LogP contribution >= 0.6 is 11.8 Å². The molecular weight excluding hydrogens is 186 g/mol.